The van der Waals surface area contributed by atoms with E-state index in [9.17, 15) is 0 Å². The Morgan fingerprint density at radius 1 is 1.14 bits per heavy atom. The Balaban J connectivity index is 1.64. The van der Waals surface area contributed by atoms with Gasteiger partial charge in [0.15, 0.2) is 0 Å². The molecule has 0 bridgehead atoms. The molecule has 0 fully saturated rings. The predicted molar refractivity (Wildman–Crippen MR) is 86.4 cm³/mol. The lowest BCUT2D eigenvalue weighted by Gasteiger charge is -2.12. The van der Waals surface area contributed by atoms with Crippen LogP contribution in [0.2, 0.25) is 5.02 Å². The van der Waals surface area contributed by atoms with Crippen LogP contribution in [-0.4, -0.2) is 10.1 Å². The number of aromatic nitrogens is 2. The fourth-order valence-electron chi connectivity index (χ4n) is 2.17. The first kappa shape index (κ1) is 14.8. The molecule has 0 aliphatic carbocycles. The first-order valence-electron chi connectivity index (χ1n) is 7.09. The summed E-state index contributed by atoms with van der Waals surface area (Å²) in [5, 5.41) is 8.09. The lowest BCUT2D eigenvalue weighted by atomic mass is 10.1. The molecule has 0 saturated heterocycles. The maximum Gasteiger partial charge on any atom is 0.240 e. The van der Waals surface area contributed by atoms with Gasteiger partial charge in [0.05, 0.1) is 6.54 Å². The first-order chi connectivity index (χ1) is 10.7. The van der Waals surface area contributed by atoms with Crippen molar-refractivity contribution >= 4 is 11.6 Å². The van der Waals surface area contributed by atoms with E-state index < -0.39 is 0 Å². The molecule has 1 N–H and O–H groups in total. The Morgan fingerprint density at radius 3 is 2.73 bits per heavy atom. The van der Waals surface area contributed by atoms with E-state index in [0.717, 1.165) is 16.1 Å². The van der Waals surface area contributed by atoms with Crippen molar-refractivity contribution in [1.29, 1.82) is 0 Å². The van der Waals surface area contributed by atoms with Crippen molar-refractivity contribution in [3.05, 3.63) is 71.1 Å². The number of benzene rings is 2. The molecular weight excluding hydrogens is 298 g/mol. The smallest absolute Gasteiger partial charge is 0.240 e. The second-order valence-electron chi connectivity index (χ2n) is 5.04. The van der Waals surface area contributed by atoms with Crippen LogP contribution in [0.15, 0.2) is 59.1 Å². The molecule has 3 aromatic rings. The third kappa shape index (κ3) is 3.53. The van der Waals surface area contributed by atoms with Crippen LogP contribution >= 0.6 is 11.6 Å². The molecule has 1 aromatic heterocycles. The van der Waals surface area contributed by atoms with E-state index in [-0.39, 0.29) is 6.04 Å². The van der Waals surface area contributed by atoms with Gasteiger partial charge in [-0.3, -0.25) is 0 Å². The molecule has 3 rings (SSSR count). The molecule has 0 aliphatic heterocycles. The maximum atomic E-state index is 6.01. The Labute approximate surface area is 134 Å². The van der Waals surface area contributed by atoms with Gasteiger partial charge in [-0.15, -0.1) is 0 Å². The highest BCUT2D eigenvalue weighted by atomic mass is 35.5. The number of halogens is 1. The van der Waals surface area contributed by atoms with Crippen molar-refractivity contribution in [1.82, 2.24) is 15.5 Å². The van der Waals surface area contributed by atoms with E-state index in [4.69, 9.17) is 16.1 Å². The molecule has 112 valence electrons. The summed E-state index contributed by atoms with van der Waals surface area (Å²) in [5.41, 5.74) is 2.07. The largest absolute Gasteiger partial charge is 0.338 e. The molecule has 22 heavy (non-hydrogen) atoms. The zero-order chi connectivity index (χ0) is 15.4. The summed E-state index contributed by atoms with van der Waals surface area (Å²) in [4.78, 5) is 4.40. The van der Waals surface area contributed by atoms with Crippen LogP contribution < -0.4 is 5.32 Å². The summed E-state index contributed by atoms with van der Waals surface area (Å²) < 4.78 is 5.28. The Morgan fingerprint density at radius 2 is 1.95 bits per heavy atom. The van der Waals surface area contributed by atoms with Gasteiger partial charge in [-0.2, -0.15) is 4.98 Å². The second-order valence-corrected chi connectivity index (χ2v) is 5.47. The van der Waals surface area contributed by atoms with Crippen molar-refractivity contribution in [3.63, 3.8) is 0 Å². The quantitative estimate of drug-likeness (QED) is 0.765. The third-order valence-corrected chi connectivity index (χ3v) is 3.64. The molecule has 0 radical (unpaired) electrons. The van der Waals surface area contributed by atoms with Gasteiger partial charge in [-0.1, -0.05) is 59.2 Å². The van der Waals surface area contributed by atoms with E-state index in [2.05, 4.69) is 22.4 Å². The van der Waals surface area contributed by atoms with Gasteiger partial charge in [-0.05, 0) is 24.6 Å². The van der Waals surface area contributed by atoms with Gasteiger partial charge in [0.1, 0.15) is 0 Å². The standard InChI is InChI=1S/C17H16ClN3O/c1-12(14-8-5-9-15(18)10-14)19-11-16-20-17(21-22-16)13-6-3-2-4-7-13/h2-10,12,19H,11H2,1H3/t12-/m1/s1. The number of rotatable bonds is 5. The average Bonchev–Trinajstić information content (AvgIpc) is 3.02. The fourth-order valence-corrected chi connectivity index (χ4v) is 2.36. The van der Waals surface area contributed by atoms with E-state index in [1.165, 1.54) is 0 Å². The van der Waals surface area contributed by atoms with Crippen molar-refractivity contribution < 1.29 is 4.52 Å². The summed E-state index contributed by atoms with van der Waals surface area (Å²) in [6.07, 6.45) is 0. The topological polar surface area (TPSA) is 51.0 Å². The predicted octanol–water partition coefficient (Wildman–Crippen LogP) is 4.24. The number of hydrogen-bond donors (Lipinski definition) is 1. The highest BCUT2D eigenvalue weighted by Crippen LogP contribution is 2.18. The van der Waals surface area contributed by atoms with Gasteiger partial charge in [0, 0.05) is 16.6 Å². The number of nitrogens with zero attached hydrogens (tertiary/aromatic N) is 2. The normalized spacial score (nSPS) is 12.3. The van der Waals surface area contributed by atoms with E-state index >= 15 is 0 Å². The van der Waals surface area contributed by atoms with Crippen LogP contribution in [0.1, 0.15) is 24.4 Å². The van der Waals surface area contributed by atoms with Crippen LogP contribution in [0.4, 0.5) is 0 Å². The monoisotopic (exact) mass is 313 g/mol. The minimum atomic E-state index is 0.144. The molecule has 2 aromatic carbocycles. The third-order valence-electron chi connectivity index (χ3n) is 3.41. The SMILES string of the molecule is C[C@@H](NCc1nc(-c2ccccc2)no1)c1cccc(Cl)c1. The minimum Gasteiger partial charge on any atom is -0.338 e. The van der Waals surface area contributed by atoms with Crippen molar-refractivity contribution in [2.24, 2.45) is 0 Å². The molecule has 0 aliphatic rings. The molecule has 1 atom stereocenters. The fraction of sp³-hybridized carbons (Fsp3) is 0.176. The lowest BCUT2D eigenvalue weighted by Crippen LogP contribution is -2.18. The average molecular weight is 314 g/mol. The summed E-state index contributed by atoms with van der Waals surface area (Å²) in [5.74, 6) is 1.17. The summed E-state index contributed by atoms with van der Waals surface area (Å²) in [7, 11) is 0. The van der Waals surface area contributed by atoms with E-state index in [1.54, 1.807) is 0 Å². The zero-order valence-corrected chi connectivity index (χ0v) is 12.9. The van der Waals surface area contributed by atoms with Crippen LogP contribution in [0, 0.1) is 0 Å². The lowest BCUT2D eigenvalue weighted by molar-refractivity contribution is 0.360. The van der Waals surface area contributed by atoms with Gasteiger partial charge in [0.25, 0.3) is 0 Å². The van der Waals surface area contributed by atoms with Crippen LogP contribution in [0.25, 0.3) is 11.4 Å². The van der Waals surface area contributed by atoms with Crippen LogP contribution in [0.5, 0.6) is 0 Å². The molecule has 0 unspecified atom stereocenters. The van der Waals surface area contributed by atoms with Gasteiger partial charge in [0.2, 0.25) is 11.7 Å². The highest BCUT2D eigenvalue weighted by Gasteiger charge is 2.10. The molecule has 1 heterocycles. The van der Waals surface area contributed by atoms with Gasteiger partial charge >= 0.3 is 0 Å². The molecule has 0 amide bonds. The maximum absolute atomic E-state index is 6.01. The molecular formula is C17H16ClN3O. The van der Waals surface area contributed by atoms with Crippen LogP contribution in [-0.2, 0) is 6.54 Å². The molecule has 4 nitrogen and oxygen atoms in total. The molecule has 0 spiro atoms. The molecule has 0 saturated carbocycles. The Hall–Kier alpha value is -2.17. The summed E-state index contributed by atoms with van der Waals surface area (Å²) >= 11 is 6.01. The van der Waals surface area contributed by atoms with Crippen LogP contribution in [0.3, 0.4) is 0 Å². The zero-order valence-electron chi connectivity index (χ0n) is 12.2. The second kappa shape index (κ2) is 6.73. The summed E-state index contributed by atoms with van der Waals surface area (Å²) in [6.45, 7) is 2.58. The highest BCUT2D eigenvalue weighted by molar-refractivity contribution is 6.30. The minimum absolute atomic E-state index is 0.144. The number of nitrogens with one attached hydrogen (secondary N) is 1. The van der Waals surface area contributed by atoms with Crippen molar-refractivity contribution in [3.8, 4) is 11.4 Å². The number of hydrogen-bond acceptors (Lipinski definition) is 4. The van der Waals surface area contributed by atoms with Crippen molar-refractivity contribution in [2.45, 2.75) is 19.5 Å². The van der Waals surface area contributed by atoms with E-state index in [1.807, 2.05) is 54.6 Å². The van der Waals surface area contributed by atoms with Gasteiger partial charge in [-0.25, -0.2) is 0 Å². The Kier molecular flexibility index (Phi) is 4.51. The summed E-state index contributed by atoms with van der Waals surface area (Å²) in [6, 6.07) is 17.7. The van der Waals surface area contributed by atoms with Crippen molar-refractivity contribution in [2.75, 3.05) is 0 Å². The van der Waals surface area contributed by atoms with E-state index in [0.29, 0.717) is 18.3 Å². The van der Waals surface area contributed by atoms with Gasteiger partial charge < -0.3 is 9.84 Å². The Bertz CT molecular complexity index is 742. The first-order valence-corrected chi connectivity index (χ1v) is 7.47. The molecule has 5 heteroatoms.